The summed E-state index contributed by atoms with van der Waals surface area (Å²) in [5.41, 5.74) is 7.47. The number of nitrogens with one attached hydrogen (secondary N) is 1. The summed E-state index contributed by atoms with van der Waals surface area (Å²) < 4.78 is 1.04. The van der Waals surface area contributed by atoms with E-state index in [0.717, 1.165) is 15.7 Å². The van der Waals surface area contributed by atoms with E-state index < -0.39 is 0 Å². The standard InChI is InChI=1S/C8H7BrN2.ClH/c9-7-3-5(10)4-8-6(7)1-2-11-8;/h1-4,11H,10H2;1H. The first-order valence-electron chi connectivity index (χ1n) is 3.29. The molecular weight excluding hydrogens is 239 g/mol. The first-order valence-corrected chi connectivity index (χ1v) is 4.09. The van der Waals surface area contributed by atoms with Crippen LogP contribution in [0.2, 0.25) is 0 Å². The molecule has 2 nitrogen and oxygen atoms in total. The van der Waals surface area contributed by atoms with Gasteiger partial charge in [0, 0.05) is 27.3 Å². The molecule has 0 radical (unpaired) electrons. The maximum Gasteiger partial charge on any atom is 0.0486 e. The zero-order chi connectivity index (χ0) is 7.84. The number of benzene rings is 1. The van der Waals surface area contributed by atoms with Crippen LogP contribution in [0.5, 0.6) is 0 Å². The summed E-state index contributed by atoms with van der Waals surface area (Å²) in [4.78, 5) is 3.09. The van der Waals surface area contributed by atoms with Crippen molar-refractivity contribution in [3.8, 4) is 0 Å². The molecule has 0 fully saturated rings. The summed E-state index contributed by atoms with van der Waals surface area (Å²) in [5.74, 6) is 0. The van der Waals surface area contributed by atoms with Crippen molar-refractivity contribution >= 4 is 44.9 Å². The number of nitrogens with two attached hydrogens (primary N) is 1. The Morgan fingerprint density at radius 2 is 2.08 bits per heavy atom. The normalized spacial score (nSPS) is 9.75. The Hall–Kier alpha value is -0.670. The molecule has 1 heterocycles. The third-order valence-electron chi connectivity index (χ3n) is 1.64. The van der Waals surface area contributed by atoms with Gasteiger partial charge in [0.05, 0.1) is 0 Å². The van der Waals surface area contributed by atoms with Crippen LogP contribution in [0.4, 0.5) is 5.69 Å². The molecule has 0 spiro atoms. The zero-order valence-electron chi connectivity index (χ0n) is 6.17. The molecule has 0 amide bonds. The largest absolute Gasteiger partial charge is 0.399 e. The molecule has 0 bridgehead atoms. The fourth-order valence-electron chi connectivity index (χ4n) is 1.14. The fourth-order valence-corrected chi connectivity index (χ4v) is 1.75. The van der Waals surface area contributed by atoms with Crippen LogP contribution in [0.3, 0.4) is 0 Å². The van der Waals surface area contributed by atoms with Gasteiger partial charge < -0.3 is 10.7 Å². The molecule has 0 saturated heterocycles. The molecule has 2 aromatic rings. The lowest BCUT2D eigenvalue weighted by Crippen LogP contribution is -1.83. The lowest BCUT2D eigenvalue weighted by Gasteiger charge is -1.96. The van der Waals surface area contributed by atoms with E-state index >= 15 is 0 Å². The Kier molecular flexibility index (Phi) is 2.65. The molecule has 0 aliphatic heterocycles. The Labute approximate surface area is 84.7 Å². The van der Waals surface area contributed by atoms with Crippen LogP contribution in [0.1, 0.15) is 0 Å². The van der Waals surface area contributed by atoms with Gasteiger partial charge in [-0.15, -0.1) is 12.4 Å². The molecule has 0 saturated carbocycles. The number of rotatable bonds is 0. The molecule has 4 heteroatoms. The molecule has 1 aromatic heterocycles. The maximum atomic E-state index is 5.63. The van der Waals surface area contributed by atoms with Gasteiger partial charge in [-0.2, -0.15) is 0 Å². The second kappa shape index (κ2) is 3.37. The van der Waals surface area contributed by atoms with Gasteiger partial charge in [0.1, 0.15) is 0 Å². The fraction of sp³-hybridized carbons (Fsp3) is 0. The number of halogens is 2. The highest BCUT2D eigenvalue weighted by Crippen LogP contribution is 2.25. The van der Waals surface area contributed by atoms with Gasteiger partial charge in [0.25, 0.3) is 0 Å². The van der Waals surface area contributed by atoms with Crippen molar-refractivity contribution in [2.24, 2.45) is 0 Å². The first kappa shape index (κ1) is 9.42. The molecule has 64 valence electrons. The molecular formula is C8H8BrClN2. The number of hydrogen-bond acceptors (Lipinski definition) is 1. The number of anilines is 1. The highest BCUT2D eigenvalue weighted by molar-refractivity contribution is 9.10. The number of H-pyrrole nitrogens is 1. The second-order valence-corrected chi connectivity index (χ2v) is 3.30. The van der Waals surface area contributed by atoms with Crippen molar-refractivity contribution in [3.05, 3.63) is 28.9 Å². The van der Waals surface area contributed by atoms with Gasteiger partial charge in [0.15, 0.2) is 0 Å². The minimum atomic E-state index is 0. The van der Waals surface area contributed by atoms with Crippen molar-refractivity contribution in [1.82, 2.24) is 4.98 Å². The molecule has 0 unspecified atom stereocenters. The SMILES string of the molecule is Cl.Nc1cc(Br)c2cc[nH]c2c1. The summed E-state index contributed by atoms with van der Waals surface area (Å²) in [5, 5.41) is 1.17. The quantitative estimate of drug-likeness (QED) is 0.691. The molecule has 0 atom stereocenters. The Morgan fingerprint density at radius 1 is 1.33 bits per heavy atom. The molecule has 12 heavy (non-hydrogen) atoms. The molecule has 3 N–H and O–H groups in total. The Morgan fingerprint density at radius 3 is 2.83 bits per heavy atom. The minimum absolute atomic E-state index is 0. The summed E-state index contributed by atoms with van der Waals surface area (Å²) in [6.45, 7) is 0. The Bertz CT molecular complexity index is 397. The Balaban J connectivity index is 0.000000720. The highest BCUT2D eigenvalue weighted by atomic mass is 79.9. The maximum absolute atomic E-state index is 5.63. The summed E-state index contributed by atoms with van der Waals surface area (Å²) in [6, 6.07) is 5.83. The van der Waals surface area contributed by atoms with Crippen molar-refractivity contribution < 1.29 is 0 Å². The average Bonchev–Trinajstić information content (AvgIpc) is 2.34. The van der Waals surface area contributed by atoms with Gasteiger partial charge in [-0.25, -0.2) is 0 Å². The van der Waals surface area contributed by atoms with Gasteiger partial charge in [0.2, 0.25) is 0 Å². The minimum Gasteiger partial charge on any atom is -0.399 e. The molecule has 0 aliphatic rings. The number of aromatic nitrogens is 1. The average molecular weight is 248 g/mol. The van der Waals surface area contributed by atoms with Gasteiger partial charge in [-0.3, -0.25) is 0 Å². The van der Waals surface area contributed by atoms with E-state index in [1.54, 1.807) is 0 Å². The lowest BCUT2D eigenvalue weighted by atomic mass is 10.2. The summed E-state index contributed by atoms with van der Waals surface area (Å²) in [7, 11) is 0. The van der Waals surface area contributed by atoms with Crippen molar-refractivity contribution in [1.29, 1.82) is 0 Å². The van der Waals surface area contributed by atoms with E-state index in [1.165, 1.54) is 5.39 Å². The van der Waals surface area contributed by atoms with Gasteiger partial charge >= 0.3 is 0 Å². The van der Waals surface area contributed by atoms with Gasteiger partial charge in [-0.1, -0.05) is 15.9 Å². The molecule has 1 aromatic carbocycles. The van der Waals surface area contributed by atoms with Crippen LogP contribution in [0.15, 0.2) is 28.9 Å². The van der Waals surface area contributed by atoms with E-state index in [9.17, 15) is 0 Å². The molecule has 0 aliphatic carbocycles. The van der Waals surface area contributed by atoms with Crippen LogP contribution in [0, 0.1) is 0 Å². The third kappa shape index (κ3) is 1.42. The van der Waals surface area contributed by atoms with Crippen molar-refractivity contribution in [2.45, 2.75) is 0 Å². The number of fused-ring (bicyclic) bond motifs is 1. The van der Waals surface area contributed by atoms with E-state index in [-0.39, 0.29) is 12.4 Å². The van der Waals surface area contributed by atoms with Crippen LogP contribution >= 0.6 is 28.3 Å². The summed E-state index contributed by atoms with van der Waals surface area (Å²) in [6.07, 6.45) is 1.90. The predicted octanol–water partition coefficient (Wildman–Crippen LogP) is 2.93. The van der Waals surface area contributed by atoms with Crippen LogP contribution in [-0.4, -0.2) is 4.98 Å². The lowest BCUT2D eigenvalue weighted by molar-refractivity contribution is 1.48. The van der Waals surface area contributed by atoms with Crippen LogP contribution in [-0.2, 0) is 0 Å². The van der Waals surface area contributed by atoms with Crippen molar-refractivity contribution in [2.75, 3.05) is 5.73 Å². The third-order valence-corrected chi connectivity index (χ3v) is 2.30. The van der Waals surface area contributed by atoms with Crippen molar-refractivity contribution in [3.63, 3.8) is 0 Å². The number of aromatic amines is 1. The van der Waals surface area contributed by atoms with E-state index in [2.05, 4.69) is 20.9 Å². The van der Waals surface area contributed by atoms with E-state index in [1.807, 2.05) is 24.4 Å². The number of nitrogen functional groups attached to an aromatic ring is 1. The van der Waals surface area contributed by atoms with Crippen LogP contribution < -0.4 is 5.73 Å². The monoisotopic (exact) mass is 246 g/mol. The number of hydrogen-bond donors (Lipinski definition) is 2. The zero-order valence-corrected chi connectivity index (χ0v) is 8.58. The smallest absolute Gasteiger partial charge is 0.0486 e. The van der Waals surface area contributed by atoms with E-state index in [0.29, 0.717) is 0 Å². The first-order chi connectivity index (χ1) is 5.27. The topological polar surface area (TPSA) is 41.8 Å². The predicted molar refractivity (Wildman–Crippen MR) is 57.7 cm³/mol. The van der Waals surface area contributed by atoms with E-state index in [4.69, 9.17) is 5.73 Å². The van der Waals surface area contributed by atoms with Crippen LogP contribution in [0.25, 0.3) is 10.9 Å². The molecule has 2 rings (SSSR count). The second-order valence-electron chi connectivity index (χ2n) is 2.44. The highest BCUT2D eigenvalue weighted by Gasteiger charge is 1.99. The summed E-state index contributed by atoms with van der Waals surface area (Å²) >= 11 is 3.43. The van der Waals surface area contributed by atoms with Gasteiger partial charge in [-0.05, 0) is 18.2 Å².